The van der Waals surface area contributed by atoms with Crippen molar-refractivity contribution in [2.24, 2.45) is 0 Å². The number of methoxy groups -OCH3 is 1. The van der Waals surface area contributed by atoms with Gasteiger partial charge in [0.05, 0.1) is 18.9 Å². The first kappa shape index (κ1) is 12.8. The third-order valence-corrected chi connectivity index (χ3v) is 2.44. The molecule has 0 aromatic carbocycles. The molecule has 0 saturated heterocycles. The number of hydrogen-bond acceptors (Lipinski definition) is 5. The topological polar surface area (TPSA) is 81.3 Å². The molecule has 1 N–H and O–H groups in total. The van der Waals surface area contributed by atoms with E-state index in [4.69, 9.17) is 9.47 Å². The van der Waals surface area contributed by atoms with Crippen LogP contribution in [0.4, 0.5) is 0 Å². The largest absolute Gasteiger partial charge is 0.495 e. The Kier molecular flexibility index (Phi) is 3.92. The minimum Gasteiger partial charge on any atom is -0.495 e. The molecule has 0 saturated carbocycles. The number of ether oxygens (including phenoxy) is 2. The van der Waals surface area contributed by atoms with Crippen LogP contribution in [0.15, 0.2) is 35.4 Å². The normalized spacial score (nSPS) is 9.95. The highest BCUT2D eigenvalue weighted by Crippen LogP contribution is 2.19. The van der Waals surface area contributed by atoms with E-state index < -0.39 is 0 Å². The molecule has 0 unspecified atom stereocenters. The molecular weight excluding hydrogens is 248 g/mol. The molecule has 0 atom stereocenters. The van der Waals surface area contributed by atoms with Gasteiger partial charge in [0, 0.05) is 17.8 Å². The average molecular weight is 260 g/mol. The van der Waals surface area contributed by atoms with E-state index >= 15 is 0 Å². The minimum absolute atomic E-state index is 0.181. The summed E-state index contributed by atoms with van der Waals surface area (Å²) in [6.45, 7) is 0.205. The molecule has 2 heterocycles. The molecule has 19 heavy (non-hydrogen) atoms. The van der Waals surface area contributed by atoms with Gasteiger partial charge in [-0.3, -0.25) is 9.59 Å². The summed E-state index contributed by atoms with van der Waals surface area (Å²) >= 11 is 0. The van der Waals surface area contributed by atoms with Crippen LogP contribution in [-0.4, -0.2) is 23.4 Å². The number of carbonyl (C=O) groups is 1. The van der Waals surface area contributed by atoms with Crippen LogP contribution in [0, 0.1) is 0 Å². The highest BCUT2D eigenvalue weighted by molar-refractivity contribution is 5.78. The molecule has 2 rings (SSSR count). The van der Waals surface area contributed by atoms with Crippen molar-refractivity contribution in [3.8, 4) is 11.6 Å². The summed E-state index contributed by atoms with van der Waals surface area (Å²) in [5, 5.41) is 0. The van der Waals surface area contributed by atoms with Crippen molar-refractivity contribution in [2.75, 3.05) is 7.11 Å². The fraction of sp³-hybridized carbons (Fsp3) is 0.154. The summed E-state index contributed by atoms with van der Waals surface area (Å²) in [6.07, 6.45) is 3.67. The maximum atomic E-state index is 10.9. The Hall–Kier alpha value is -2.63. The number of rotatable bonds is 5. The van der Waals surface area contributed by atoms with Crippen LogP contribution >= 0.6 is 0 Å². The van der Waals surface area contributed by atoms with Gasteiger partial charge in [-0.25, -0.2) is 4.98 Å². The lowest BCUT2D eigenvalue weighted by Crippen LogP contribution is -2.06. The van der Waals surface area contributed by atoms with Gasteiger partial charge in [0.25, 0.3) is 0 Å². The maximum Gasteiger partial charge on any atom is 0.247 e. The monoisotopic (exact) mass is 260 g/mol. The molecule has 2 aromatic rings. The van der Waals surface area contributed by atoms with Crippen molar-refractivity contribution in [3.63, 3.8) is 0 Å². The second kappa shape index (κ2) is 5.81. The van der Waals surface area contributed by atoms with Gasteiger partial charge >= 0.3 is 0 Å². The third kappa shape index (κ3) is 3.19. The van der Waals surface area contributed by atoms with Crippen LogP contribution < -0.4 is 15.0 Å². The van der Waals surface area contributed by atoms with E-state index in [1.807, 2.05) is 0 Å². The second-order valence-corrected chi connectivity index (χ2v) is 3.74. The number of carbonyl (C=O) groups excluding carboxylic acids is 1. The minimum atomic E-state index is -0.181. The molecule has 0 aliphatic heterocycles. The zero-order valence-electron chi connectivity index (χ0n) is 10.3. The Bertz CT molecular complexity index is 616. The fourth-order valence-electron chi connectivity index (χ4n) is 1.45. The Morgan fingerprint density at radius 1 is 1.42 bits per heavy atom. The van der Waals surface area contributed by atoms with Crippen molar-refractivity contribution in [2.45, 2.75) is 6.61 Å². The van der Waals surface area contributed by atoms with Gasteiger partial charge in [0.15, 0.2) is 6.29 Å². The van der Waals surface area contributed by atoms with Crippen molar-refractivity contribution >= 4 is 6.29 Å². The quantitative estimate of drug-likeness (QED) is 0.816. The number of aromatic nitrogens is 2. The van der Waals surface area contributed by atoms with Crippen molar-refractivity contribution < 1.29 is 14.3 Å². The number of hydrogen-bond donors (Lipinski definition) is 1. The predicted octanol–water partition coefficient (Wildman–Crippen LogP) is 1.17. The molecule has 6 nitrogen and oxygen atoms in total. The van der Waals surface area contributed by atoms with E-state index in [0.29, 0.717) is 17.6 Å². The van der Waals surface area contributed by atoms with E-state index in [2.05, 4.69) is 9.97 Å². The van der Waals surface area contributed by atoms with Crippen molar-refractivity contribution in [3.05, 3.63) is 52.1 Å². The van der Waals surface area contributed by atoms with E-state index in [9.17, 15) is 9.59 Å². The van der Waals surface area contributed by atoms with E-state index in [1.165, 1.54) is 19.4 Å². The molecule has 6 heteroatoms. The molecule has 0 aliphatic carbocycles. The number of aromatic amines is 1. The summed E-state index contributed by atoms with van der Waals surface area (Å²) in [5.74, 6) is 0.709. The Morgan fingerprint density at radius 2 is 2.26 bits per heavy atom. The van der Waals surface area contributed by atoms with E-state index in [0.717, 1.165) is 5.56 Å². The molecule has 0 fully saturated rings. The Labute approximate surface area is 109 Å². The number of nitrogens with one attached hydrogen (secondary N) is 1. The van der Waals surface area contributed by atoms with Crippen LogP contribution in [0.25, 0.3) is 0 Å². The molecular formula is C13H12N2O4. The smallest absolute Gasteiger partial charge is 0.247 e. The SMILES string of the molecule is COc1cnc(OCc2ccc(=O)[nH]c2)c(C=O)c1. The second-order valence-electron chi connectivity index (χ2n) is 3.74. The predicted molar refractivity (Wildman–Crippen MR) is 67.6 cm³/mol. The maximum absolute atomic E-state index is 10.9. The molecule has 98 valence electrons. The average Bonchev–Trinajstić information content (AvgIpc) is 2.46. The lowest BCUT2D eigenvalue weighted by Gasteiger charge is -2.08. The Morgan fingerprint density at radius 3 is 2.89 bits per heavy atom. The van der Waals surface area contributed by atoms with Gasteiger partial charge in [0.2, 0.25) is 11.4 Å². The summed E-state index contributed by atoms with van der Waals surface area (Å²) in [4.78, 5) is 28.4. The van der Waals surface area contributed by atoms with Gasteiger partial charge in [-0.2, -0.15) is 0 Å². The van der Waals surface area contributed by atoms with Crippen LogP contribution in [0.2, 0.25) is 0 Å². The lowest BCUT2D eigenvalue weighted by molar-refractivity contribution is 0.111. The summed E-state index contributed by atoms with van der Waals surface area (Å²) in [6, 6.07) is 4.59. The van der Waals surface area contributed by atoms with Gasteiger partial charge < -0.3 is 14.5 Å². The first-order valence-corrected chi connectivity index (χ1v) is 5.52. The molecule has 0 radical (unpaired) electrons. The number of H-pyrrole nitrogens is 1. The zero-order chi connectivity index (χ0) is 13.7. The third-order valence-electron chi connectivity index (χ3n) is 2.44. The lowest BCUT2D eigenvalue weighted by atomic mass is 10.3. The van der Waals surface area contributed by atoms with Gasteiger partial charge in [-0.15, -0.1) is 0 Å². The molecule has 0 spiro atoms. The molecule has 0 aliphatic rings. The van der Waals surface area contributed by atoms with E-state index in [-0.39, 0.29) is 18.0 Å². The van der Waals surface area contributed by atoms with Gasteiger partial charge in [-0.05, 0) is 12.1 Å². The first-order chi connectivity index (χ1) is 9.22. The van der Waals surface area contributed by atoms with Gasteiger partial charge in [0.1, 0.15) is 12.4 Å². The number of aldehydes is 1. The zero-order valence-corrected chi connectivity index (χ0v) is 10.3. The Balaban J connectivity index is 2.12. The van der Waals surface area contributed by atoms with Crippen LogP contribution in [0.5, 0.6) is 11.6 Å². The summed E-state index contributed by atoms with van der Waals surface area (Å²) in [7, 11) is 1.49. The first-order valence-electron chi connectivity index (χ1n) is 5.52. The van der Waals surface area contributed by atoms with Crippen LogP contribution in [-0.2, 0) is 6.61 Å². The van der Waals surface area contributed by atoms with Crippen LogP contribution in [0.3, 0.4) is 0 Å². The van der Waals surface area contributed by atoms with Gasteiger partial charge in [-0.1, -0.05) is 0 Å². The standard InChI is InChI=1S/C13H12N2O4/c1-18-11-4-10(7-16)13(15-6-11)19-8-9-2-3-12(17)14-5-9/h2-7H,8H2,1H3,(H,14,17). The highest BCUT2D eigenvalue weighted by Gasteiger charge is 2.07. The van der Waals surface area contributed by atoms with Crippen LogP contribution in [0.1, 0.15) is 15.9 Å². The molecule has 0 bridgehead atoms. The number of nitrogens with zero attached hydrogens (tertiary/aromatic N) is 1. The van der Waals surface area contributed by atoms with Crippen molar-refractivity contribution in [1.82, 2.24) is 9.97 Å². The number of pyridine rings is 2. The van der Waals surface area contributed by atoms with Crippen molar-refractivity contribution in [1.29, 1.82) is 0 Å². The van der Waals surface area contributed by atoms with E-state index in [1.54, 1.807) is 18.3 Å². The summed E-state index contributed by atoms with van der Waals surface area (Å²) < 4.78 is 10.4. The summed E-state index contributed by atoms with van der Waals surface area (Å²) in [5.41, 5.74) is 0.901. The molecule has 0 amide bonds. The highest BCUT2D eigenvalue weighted by atomic mass is 16.5. The fourth-order valence-corrected chi connectivity index (χ4v) is 1.45. The molecule has 2 aromatic heterocycles.